The first-order chi connectivity index (χ1) is 9.92. The molecule has 21 heavy (non-hydrogen) atoms. The molecule has 1 saturated heterocycles. The van der Waals surface area contributed by atoms with Crippen molar-refractivity contribution >= 4 is 5.91 Å². The van der Waals surface area contributed by atoms with Gasteiger partial charge in [-0.2, -0.15) is 0 Å². The number of halogens is 3. The van der Waals surface area contributed by atoms with Crippen molar-refractivity contribution in [2.45, 2.75) is 31.7 Å². The van der Waals surface area contributed by atoms with E-state index in [2.05, 4.69) is 15.4 Å². The van der Waals surface area contributed by atoms with Crippen molar-refractivity contribution < 1.29 is 22.7 Å². The van der Waals surface area contributed by atoms with Gasteiger partial charge in [0.1, 0.15) is 5.75 Å². The molecular weight excluding hydrogens is 285 g/mol. The Morgan fingerprint density at radius 2 is 2.05 bits per heavy atom. The topological polar surface area (TPSA) is 50.4 Å². The summed E-state index contributed by atoms with van der Waals surface area (Å²) in [7, 11) is 0. The third kappa shape index (κ3) is 5.63. The molecule has 7 heteroatoms. The van der Waals surface area contributed by atoms with Crippen molar-refractivity contribution in [2.75, 3.05) is 13.1 Å². The third-order valence-corrected chi connectivity index (χ3v) is 3.23. The molecule has 0 aliphatic carbocycles. The van der Waals surface area contributed by atoms with Gasteiger partial charge in [0.25, 0.3) is 0 Å². The van der Waals surface area contributed by atoms with Crippen LogP contribution in [0.5, 0.6) is 5.75 Å². The number of hydrogen-bond acceptors (Lipinski definition) is 3. The van der Waals surface area contributed by atoms with Gasteiger partial charge >= 0.3 is 6.36 Å². The second kappa shape index (κ2) is 6.80. The molecule has 1 unspecified atom stereocenters. The number of carbonyl (C=O) groups is 1. The highest BCUT2D eigenvalue weighted by Gasteiger charge is 2.30. The summed E-state index contributed by atoms with van der Waals surface area (Å²) >= 11 is 0. The summed E-state index contributed by atoms with van der Waals surface area (Å²) in [6.07, 6.45) is -2.41. The Kier molecular flexibility index (Phi) is 5.06. The van der Waals surface area contributed by atoms with Crippen molar-refractivity contribution in [2.24, 2.45) is 0 Å². The van der Waals surface area contributed by atoms with Crippen LogP contribution in [0.2, 0.25) is 0 Å². The van der Waals surface area contributed by atoms with Crippen LogP contribution in [0.4, 0.5) is 13.2 Å². The number of amides is 1. The molecule has 2 N–H and O–H groups in total. The van der Waals surface area contributed by atoms with E-state index in [1.54, 1.807) is 0 Å². The van der Waals surface area contributed by atoms with Gasteiger partial charge in [0.2, 0.25) is 5.91 Å². The highest BCUT2D eigenvalue weighted by molar-refractivity contribution is 5.78. The zero-order valence-corrected chi connectivity index (χ0v) is 11.4. The summed E-state index contributed by atoms with van der Waals surface area (Å²) in [5.41, 5.74) is 0.640. The molecular formula is C14H17F3N2O2. The molecule has 4 nitrogen and oxygen atoms in total. The molecule has 0 radical (unpaired) electrons. The van der Waals surface area contributed by atoms with Gasteiger partial charge in [-0.25, -0.2) is 0 Å². The standard InChI is InChI=1S/C14H17F3N2O2/c15-14(16,17)21-12-5-3-10(4-6-12)8-13(20)19-9-11-2-1-7-18-11/h3-6,11,18H,1-2,7-9H2,(H,19,20). The lowest BCUT2D eigenvalue weighted by Gasteiger charge is -2.12. The second-order valence-electron chi connectivity index (χ2n) is 4.97. The highest BCUT2D eigenvalue weighted by Crippen LogP contribution is 2.22. The van der Waals surface area contributed by atoms with E-state index in [1.807, 2.05) is 0 Å². The normalized spacial score (nSPS) is 18.5. The molecule has 0 spiro atoms. The lowest BCUT2D eigenvalue weighted by molar-refractivity contribution is -0.274. The van der Waals surface area contributed by atoms with Gasteiger partial charge < -0.3 is 15.4 Å². The number of rotatable bonds is 5. The molecule has 1 aromatic carbocycles. The van der Waals surface area contributed by atoms with Crippen LogP contribution in [0.1, 0.15) is 18.4 Å². The third-order valence-electron chi connectivity index (χ3n) is 3.23. The average Bonchev–Trinajstić information content (AvgIpc) is 2.90. The van der Waals surface area contributed by atoms with Gasteiger partial charge in [-0.05, 0) is 37.1 Å². The van der Waals surface area contributed by atoms with E-state index in [0.717, 1.165) is 19.4 Å². The first-order valence-electron chi connectivity index (χ1n) is 6.77. The maximum Gasteiger partial charge on any atom is 0.573 e. The van der Waals surface area contributed by atoms with Gasteiger partial charge in [0.15, 0.2) is 0 Å². The molecule has 2 rings (SSSR count). The number of nitrogens with one attached hydrogen (secondary N) is 2. The number of carbonyl (C=O) groups excluding carboxylic acids is 1. The zero-order chi connectivity index (χ0) is 15.3. The molecule has 1 heterocycles. The Labute approximate surface area is 120 Å². The minimum atomic E-state index is -4.70. The molecule has 1 fully saturated rings. The molecule has 1 atom stereocenters. The molecule has 0 saturated carbocycles. The van der Waals surface area contributed by atoms with E-state index in [4.69, 9.17) is 0 Å². The van der Waals surface area contributed by atoms with Crippen molar-refractivity contribution in [3.63, 3.8) is 0 Å². The fraction of sp³-hybridized carbons (Fsp3) is 0.500. The lowest BCUT2D eigenvalue weighted by atomic mass is 10.1. The Balaban J connectivity index is 1.78. The Morgan fingerprint density at radius 3 is 2.62 bits per heavy atom. The van der Waals surface area contributed by atoms with E-state index in [1.165, 1.54) is 24.3 Å². The largest absolute Gasteiger partial charge is 0.573 e. The highest BCUT2D eigenvalue weighted by atomic mass is 19.4. The van der Waals surface area contributed by atoms with Crippen LogP contribution in [0, 0.1) is 0 Å². The molecule has 116 valence electrons. The maximum absolute atomic E-state index is 12.0. The molecule has 0 bridgehead atoms. The first-order valence-corrected chi connectivity index (χ1v) is 6.77. The van der Waals surface area contributed by atoms with E-state index < -0.39 is 6.36 Å². The van der Waals surface area contributed by atoms with Crippen molar-refractivity contribution in [1.82, 2.24) is 10.6 Å². The summed E-state index contributed by atoms with van der Waals surface area (Å²) in [6.45, 7) is 1.55. The number of ether oxygens (including phenoxy) is 1. The van der Waals surface area contributed by atoms with Crippen LogP contribution in [-0.2, 0) is 11.2 Å². The quantitative estimate of drug-likeness (QED) is 0.874. The molecule has 1 aromatic rings. The Morgan fingerprint density at radius 1 is 1.33 bits per heavy atom. The van der Waals surface area contributed by atoms with E-state index >= 15 is 0 Å². The van der Waals surface area contributed by atoms with Gasteiger partial charge in [0.05, 0.1) is 6.42 Å². The van der Waals surface area contributed by atoms with E-state index in [0.29, 0.717) is 18.2 Å². The van der Waals surface area contributed by atoms with E-state index in [9.17, 15) is 18.0 Å². The van der Waals surface area contributed by atoms with E-state index in [-0.39, 0.29) is 18.1 Å². The van der Waals surface area contributed by atoms with Crippen LogP contribution in [-0.4, -0.2) is 31.4 Å². The number of alkyl halides is 3. The van der Waals surface area contributed by atoms with Crippen LogP contribution < -0.4 is 15.4 Å². The monoisotopic (exact) mass is 302 g/mol. The van der Waals surface area contributed by atoms with Crippen LogP contribution in [0.3, 0.4) is 0 Å². The first kappa shape index (κ1) is 15.6. The minimum absolute atomic E-state index is 0.138. The predicted molar refractivity (Wildman–Crippen MR) is 70.9 cm³/mol. The lowest BCUT2D eigenvalue weighted by Crippen LogP contribution is -2.37. The Bertz CT molecular complexity index is 468. The summed E-state index contributed by atoms with van der Waals surface area (Å²) in [6, 6.07) is 5.63. The van der Waals surface area contributed by atoms with Crippen molar-refractivity contribution in [1.29, 1.82) is 0 Å². The summed E-state index contributed by atoms with van der Waals surface area (Å²) < 4.78 is 39.8. The SMILES string of the molecule is O=C(Cc1ccc(OC(F)(F)F)cc1)NCC1CCCN1. The maximum atomic E-state index is 12.0. The molecule has 1 aliphatic rings. The molecule has 1 aliphatic heterocycles. The van der Waals surface area contributed by atoms with Gasteiger partial charge in [-0.1, -0.05) is 12.1 Å². The predicted octanol–water partition coefficient (Wildman–Crippen LogP) is 2.00. The summed E-state index contributed by atoms with van der Waals surface area (Å²) in [5.74, 6) is -0.435. The zero-order valence-electron chi connectivity index (χ0n) is 11.4. The fourth-order valence-corrected chi connectivity index (χ4v) is 2.22. The van der Waals surface area contributed by atoms with Gasteiger partial charge in [-0.15, -0.1) is 13.2 Å². The fourth-order valence-electron chi connectivity index (χ4n) is 2.22. The smallest absolute Gasteiger partial charge is 0.406 e. The second-order valence-corrected chi connectivity index (χ2v) is 4.97. The van der Waals surface area contributed by atoms with Crippen LogP contribution in [0.15, 0.2) is 24.3 Å². The van der Waals surface area contributed by atoms with Crippen molar-refractivity contribution in [3.05, 3.63) is 29.8 Å². The number of hydrogen-bond donors (Lipinski definition) is 2. The van der Waals surface area contributed by atoms with Gasteiger partial charge in [0, 0.05) is 12.6 Å². The van der Waals surface area contributed by atoms with Crippen molar-refractivity contribution in [3.8, 4) is 5.75 Å². The van der Waals surface area contributed by atoms with Crippen LogP contribution in [0.25, 0.3) is 0 Å². The Hall–Kier alpha value is -1.76. The van der Waals surface area contributed by atoms with Gasteiger partial charge in [-0.3, -0.25) is 4.79 Å². The molecule has 1 amide bonds. The number of benzene rings is 1. The molecule has 0 aromatic heterocycles. The minimum Gasteiger partial charge on any atom is -0.406 e. The summed E-state index contributed by atoms with van der Waals surface area (Å²) in [4.78, 5) is 11.7. The van der Waals surface area contributed by atoms with Crippen LogP contribution >= 0.6 is 0 Å². The summed E-state index contributed by atoms with van der Waals surface area (Å²) in [5, 5.41) is 6.08. The average molecular weight is 302 g/mol.